The van der Waals surface area contributed by atoms with Gasteiger partial charge in [-0.15, -0.1) is 0 Å². The molecular weight excluding hydrogens is 716 g/mol. The average Bonchev–Trinajstić information content (AvgIpc) is 3.72. The van der Waals surface area contributed by atoms with Gasteiger partial charge in [0.25, 0.3) is 0 Å². The lowest BCUT2D eigenvalue weighted by Crippen LogP contribution is -2.45. The lowest BCUT2D eigenvalue weighted by atomic mass is 9.94. The topological polar surface area (TPSA) is 32.3 Å². The van der Waals surface area contributed by atoms with Crippen molar-refractivity contribution in [3.63, 3.8) is 0 Å². The third kappa shape index (κ3) is 7.92. The molecule has 2 aliphatic heterocycles. The monoisotopic (exact) mass is 746 g/mol. The number of pyridine rings is 2. The fourth-order valence-electron chi connectivity index (χ4n) is 7.39. The predicted octanol–water partition coefficient (Wildman–Crippen LogP) is 10.5. The maximum absolute atomic E-state index is 13.7. The first-order valence-corrected chi connectivity index (χ1v) is 16.3. The van der Waals surface area contributed by atoms with E-state index in [1.54, 1.807) is 0 Å². The second-order valence-electron chi connectivity index (χ2n) is 12.9. The van der Waals surface area contributed by atoms with Gasteiger partial charge in [0, 0.05) is 59.8 Å². The van der Waals surface area contributed by atoms with Crippen LogP contribution in [0.15, 0.2) is 73.1 Å². The molecule has 2 atom stereocenters. The summed E-state index contributed by atoms with van der Waals surface area (Å²) in [5.74, 6) is 0. The second kappa shape index (κ2) is 14.0. The van der Waals surface area contributed by atoms with E-state index in [0.29, 0.717) is 60.9 Å². The van der Waals surface area contributed by atoms with Gasteiger partial charge >= 0.3 is 24.7 Å². The Morgan fingerprint density at radius 2 is 0.808 bits per heavy atom. The zero-order valence-electron chi connectivity index (χ0n) is 27.1. The molecule has 278 valence electrons. The Kier molecular flexibility index (Phi) is 10.1. The maximum Gasteiger partial charge on any atom is 0.417 e. The first-order valence-electron chi connectivity index (χ1n) is 16.3. The summed E-state index contributed by atoms with van der Waals surface area (Å²) < 4.78 is 165. The SMILES string of the molecule is FC(F)(F)c1cccc(C(F)(F)F)c1-c1ccc(CN2CCCC2C2CCCN2Cc2ccc(-c3c(C(F)(F)F)cccc3C(F)(F)F)cn2)nc1. The summed E-state index contributed by atoms with van der Waals surface area (Å²) in [6.45, 7) is 1.91. The van der Waals surface area contributed by atoms with Crippen LogP contribution in [0.5, 0.6) is 0 Å². The molecule has 0 N–H and O–H groups in total. The molecule has 52 heavy (non-hydrogen) atoms. The minimum atomic E-state index is -5.03. The van der Waals surface area contributed by atoms with Crippen LogP contribution in [0.3, 0.4) is 0 Å². The first kappa shape index (κ1) is 37.6. The van der Waals surface area contributed by atoms with E-state index in [9.17, 15) is 52.7 Å². The Labute approximate surface area is 290 Å². The average molecular weight is 747 g/mol. The number of hydrogen-bond donors (Lipinski definition) is 0. The fraction of sp³-hybridized carbons (Fsp3) is 0.389. The number of benzene rings is 2. The van der Waals surface area contributed by atoms with Crippen LogP contribution in [0.4, 0.5) is 52.7 Å². The maximum atomic E-state index is 13.7. The highest BCUT2D eigenvalue weighted by atomic mass is 19.4. The van der Waals surface area contributed by atoms with Crippen molar-refractivity contribution in [1.29, 1.82) is 0 Å². The van der Waals surface area contributed by atoms with Gasteiger partial charge < -0.3 is 0 Å². The van der Waals surface area contributed by atoms with Gasteiger partial charge in [0.2, 0.25) is 0 Å². The molecule has 2 saturated heterocycles. The Hall–Kier alpha value is -4.18. The molecule has 0 spiro atoms. The van der Waals surface area contributed by atoms with Crippen LogP contribution in [-0.4, -0.2) is 44.9 Å². The normalized spacial score (nSPS) is 19.5. The van der Waals surface area contributed by atoms with Crippen molar-refractivity contribution in [1.82, 2.24) is 19.8 Å². The number of nitrogens with zero attached hydrogens (tertiary/aromatic N) is 4. The van der Waals surface area contributed by atoms with Gasteiger partial charge in [0.15, 0.2) is 0 Å². The van der Waals surface area contributed by atoms with E-state index in [1.165, 1.54) is 24.3 Å². The van der Waals surface area contributed by atoms with Gasteiger partial charge in [0.1, 0.15) is 0 Å². The molecule has 6 rings (SSSR count). The number of alkyl halides is 12. The van der Waals surface area contributed by atoms with E-state index in [2.05, 4.69) is 19.8 Å². The molecule has 0 bridgehead atoms. The van der Waals surface area contributed by atoms with E-state index in [0.717, 1.165) is 38.1 Å². The minimum absolute atomic E-state index is 0.0130. The lowest BCUT2D eigenvalue weighted by Gasteiger charge is -2.35. The quantitative estimate of drug-likeness (QED) is 0.176. The van der Waals surface area contributed by atoms with Gasteiger partial charge in [0.05, 0.1) is 33.6 Å². The third-order valence-electron chi connectivity index (χ3n) is 9.58. The van der Waals surface area contributed by atoms with Crippen LogP contribution in [0.1, 0.15) is 59.3 Å². The summed E-state index contributed by atoms with van der Waals surface area (Å²) in [5, 5.41) is 0. The molecule has 0 aliphatic carbocycles. The van der Waals surface area contributed by atoms with Gasteiger partial charge in [-0.3, -0.25) is 19.8 Å². The Morgan fingerprint density at radius 3 is 1.08 bits per heavy atom. The standard InChI is InChI=1S/C36H30F12N4/c37-33(38,39)25-5-1-6-26(34(40,41)42)31(25)21-11-13-23(49-17-21)19-51-15-3-9-29(51)30-10-4-16-52(30)20-24-14-12-22(18-50-24)32-27(35(43,44)45)7-2-8-28(32)36(46,47)48/h1-2,5-8,11-14,17-18,29-30H,3-4,9-10,15-16,19-20H2. The molecule has 4 heterocycles. The van der Waals surface area contributed by atoms with E-state index >= 15 is 0 Å². The van der Waals surface area contributed by atoms with Crippen LogP contribution < -0.4 is 0 Å². The van der Waals surface area contributed by atoms with Crippen molar-refractivity contribution in [3.05, 3.63) is 107 Å². The highest BCUT2D eigenvalue weighted by molar-refractivity contribution is 5.73. The predicted molar refractivity (Wildman–Crippen MR) is 166 cm³/mol. The van der Waals surface area contributed by atoms with Gasteiger partial charge in [-0.2, -0.15) is 52.7 Å². The summed E-state index contributed by atoms with van der Waals surface area (Å²) >= 11 is 0. The molecule has 2 aliphatic rings. The Balaban J connectivity index is 1.18. The molecule has 0 saturated carbocycles. The molecule has 0 radical (unpaired) electrons. The molecule has 2 unspecified atom stereocenters. The van der Waals surface area contributed by atoms with Crippen molar-refractivity contribution >= 4 is 0 Å². The number of likely N-dealkylation sites (tertiary alicyclic amines) is 2. The number of aromatic nitrogens is 2. The summed E-state index contributed by atoms with van der Waals surface area (Å²) in [7, 11) is 0. The van der Waals surface area contributed by atoms with E-state index in [4.69, 9.17) is 0 Å². The van der Waals surface area contributed by atoms with Gasteiger partial charge in [-0.05, 0) is 75.2 Å². The van der Waals surface area contributed by atoms with Crippen molar-refractivity contribution in [3.8, 4) is 22.3 Å². The van der Waals surface area contributed by atoms with Crippen LogP contribution in [-0.2, 0) is 37.8 Å². The van der Waals surface area contributed by atoms with Crippen molar-refractivity contribution in [2.45, 2.75) is 75.6 Å². The van der Waals surface area contributed by atoms with E-state index in [1.807, 2.05) is 0 Å². The zero-order valence-corrected chi connectivity index (χ0v) is 27.1. The fourth-order valence-corrected chi connectivity index (χ4v) is 7.39. The number of halogens is 12. The van der Waals surface area contributed by atoms with Crippen molar-refractivity contribution < 1.29 is 52.7 Å². The van der Waals surface area contributed by atoms with Gasteiger partial charge in [-0.25, -0.2) is 0 Å². The molecule has 2 fully saturated rings. The molecular formula is C36H30F12N4. The number of rotatable bonds is 7. The molecule has 4 aromatic rings. The molecule has 2 aromatic carbocycles. The summed E-state index contributed by atoms with van der Waals surface area (Å²) in [6.07, 6.45) is -14.8. The Bertz CT molecular complexity index is 1660. The first-order chi connectivity index (χ1) is 24.3. The smallest absolute Gasteiger partial charge is 0.293 e. The molecule has 0 amide bonds. The number of hydrogen-bond acceptors (Lipinski definition) is 4. The highest BCUT2D eigenvalue weighted by Crippen LogP contribution is 2.46. The summed E-state index contributed by atoms with van der Waals surface area (Å²) in [5.41, 5.74) is -7.39. The largest absolute Gasteiger partial charge is 0.417 e. The zero-order chi connectivity index (χ0) is 37.6. The molecule has 16 heteroatoms. The van der Waals surface area contributed by atoms with E-state index < -0.39 is 58.1 Å². The van der Waals surface area contributed by atoms with Crippen LogP contribution in [0, 0.1) is 0 Å². The van der Waals surface area contributed by atoms with Crippen molar-refractivity contribution in [2.75, 3.05) is 13.1 Å². The van der Waals surface area contributed by atoms with Crippen LogP contribution >= 0.6 is 0 Å². The highest BCUT2D eigenvalue weighted by Gasteiger charge is 2.43. The third-order valence-corrected chi connectivity index (χ3v) is 9.58. The summed E-state index contributed by atoms with van der Waals surface area (Å²) in [6, 6.07) is 9.08. The second-order valence-corrected chi connectivity index (χ2v) is 12.9. The van der Waals surface area contributed by atoms with E-state index in [-0.39, 0.29) is 36.3 Å². The van der Waals surface area contributed by atoms with Crippen molar-refractivity contribution in [2.24, 2.45) is 0 Å². The van der Waals surface area contributed by atoms with Crippen LogP contribution in [0.25, 0.3) is 22.3 Å². The minimum Gasteiger partial charge on any atom is -0.293 e. The summed E-state index contributed by atoms with van der Waals surface area (Å²) in [4.78, 5) is 12.8. The molecule has 2 aromatic heterocycles. The molecule has 4 nitrogen and oxygen atoms in total. The van der Waals surface area contributed by atoms with Crippen LogP contribution in [0.2, 0.25) is 0 Å². The lowest BCUT2D eigenvalue weighted by molar-refractivity contribution is -0.143. The van der Waals surface area contributed by atoms with Gasteiger partial charge in [-0.1, -0.05) is 24.3 Å². The Morgan fingerprint density at radius 1 is 0.481 bits per heavy atom.